The first kappa shape index (κ1) is 19.7. The van der Waals surface area contributed by atoms with E-state index >= 15 is 0 Å². The summed E-state index contributed by atoms with van der Waals surface area (Å²) in [6.07, 6.45) is 0. The van der Waals surface area contributed by atoms with E-state index in [9.17, 15) is 9.59 Å². The summed E-state index contributed by atoms with van der Waals surface area (Å²) in [7, 11) is 0. The highest BCUT2D eigenvalue weighted by atomic mass is 32.1. The van der Waals surface area contributed by atoms with Crippen LogP contribution in [0.2, 0.25) is 0 Å². The minimum absolute atomic E-state index is 0.146. The molecule has 0 atom stereocenters. The molecule has 0 spiro atoms. The molecule has 5 nitrogen and oxygen atoms in total. The Bertz CT molecular complexity index is 1010. The first-order valence-electron chi connectivity index (χ1n) is 8.57. The molecule has 3 rings (SSSR count). The summed E-state index contributed by atoms with van der Waals surface area (Å²) < 4.78 is 0. The maximum atomic E-state index is 12.3. The van der Waals surface area contributed by atoms with Crippen LogP contribution in [0.5, 0.6) is 0 Å². The largest absolute Gasteiger partial charge is 0.332 e. The van der Waals surface area contributed by atoms with Crippen LogP contribution < -0.4 is 16.0 Å². The molecule has 0 aliphatic heterocycles. The number of anilines is 2. The third-order valence-corrected chi connectivity index (χ3v) is 5.21. The second kappa shape index (κ2) is 8.77. The molecule has 0 saturated heterocycles. The number of hydrogen-bond donors (Lipinski definition) is 3. The van der Waals surface area contributed by atoms with E-state index in [1.165, 1.54) is 11.3 Å². The zero-order chi connectivity index (χ0) is 20.1. The van der Waals surface area contributed by atoms with E-state index < -0.39 is 0 Å². The average molecular weight is 410 g/mol. The molecule has 3 aromatic rings. The molecule has 1 aromatic heterocycles. The highest BCUT2D eigenvalue weighted by Crippen LogP contribution is 2.16. The summed E-state index contributed by atoms with van der Waals surface area (Å²) in [5, 5.41) is 10.5. The third kappa shape index (κ3) is 5.03. The van der Waals surface area contributed by atoms with Gasteiger partial charge in [0.25, 0.3) is 11.8 Å². The van der Waals surface area contributed by atoms with Crippen LogP contribution in [0.3, 0.4) is 0 Å². The lowest BCUT2D eigenvalue weighted by Crippen LogP contribution is -2.34. The number of carbonyl (C=O) groups excluding carboxylic acids is 2. The summed E-state index contributed by atoms with van der Waals surface area (Å²) in [4.78, 5) is 25.0. The normalized spacial score (nSPS) is 10.2. The van der Waals surface area contributed by atoms with Crippen LogP contribution in [0.15, 0.2) is 60.0 Å². The van der Waals surface area contributed by atoms with Gasteiger partial charge in [0.15, 0.2) is 5.11 Å². The second-order valence-electron chi connectivity index (χ2n) is 6.22. The Hall–Kier alpha value is -3.03. The zero-order valence-electron chi connectivity index (χ0n) is 15.4. The smallest absolute Gasteiger partial charge is 0.265 e. The Morgan fingerprint density at radius 2 is 1.54 bits per heavy atom. The van der Waals surface area contributed by atoms with Crippen molar-refractivity contribution in [1.29, 1.82) is 0 Å². The molecule has 2 aromatic carbocycles. The predicted molar refractivity (Wildman–Crippen MR) is 118 cm³/mol. The molecule has 0 aliphatic rings. The van der Waals surface area contributed by atoms with Gasteiger partial charge in [-0.15, -0.1) is 11.3 Å². The summed E-state index contributed by atoms with van der Waals surface area (Å²) in [5.41, 5.74) is 4.11. The van der Waals surface area contributed by atoms with Crippen molar-refractivity contribution in [2.24, 2.45) is 0 Å². The van der Waals surface area contributed by atoms with Crippen LogP contribution >= 0.6 is 23.6 Å². The summed E-state index contributed by atoms with van der Waals surface area (Å²) in [5.74, 6) is -0.410. The molecule has 0 fully saturated rings. The molecule has 0 bridgehead atoms. The number of nitrogens with one attached hydrogen (secondary N) is 3. The van der Waals surface area contributed by atoms with Crippen molar-refractivity contribution >= 4 is 51.9 Å². The lowest BCUT2D eigenvalue weighted by Gasteiger charge is -2.11. The Labute approximate surface area is 172 Å². The van der Waals surface area contributed by atoms with E-state index in [2.05, 4.69) is 16.0 Å². The molecule has 0 unspecified atom stereocenters. The Balaban J connectivity index is 1.56. The third-order valence-electron chi connectivity index (χ3n) is 4.14. The van der Waals surface area contributed by atoms with Gasteiger partial charge in [0.2, 0.25) is 0 Å². The average Bonchev–Trinajstić information content (AvgIpc) is 3.20. The van der Waals surface area contributed by atoms with Crippen LogP contribution in [-0.2, 0) is 0 Å². The number of hydrogen-bond acceptors (Lipinski definition) is 4. The molecule has 1 heterocycles. The number of thiocarbonyl (C=S) groups is 1. The van der Waals surface area contributed by atoms with Gasteiger partial charge in [-0.25, -0.2) is 0 Å². The monoisotopic (exact) mass is 409 g/mol. The van der Waals surface area contributed by atoms with Crippen LogP contribution in [0.4, 0.5) is 11.4 Å². The zero-order valence-corrected chi connectivity index (χ0v) is 17.0. The summed E-state index contributed by atoms with van der Waals surface area (Å²) in [6.45, 7) is 3.96. The maximum Gasteiger partial charge on any atom is 0.265 e. The molecule has 0 radical (unpaired) electrons. The van der Waals surface area contributed by atoms with Crippen LogP contribution in [0.1, 0.15) is 31.2 Å². The van der Waals surface area contributed by atoms with Gasteiger partial charge in [-0.05, 0) is 85.0 Å². The number of rotatable bonds is 4. The van der Waals surface area contributed by atoms with Gasteiger partial charge in [0, 0.05) is 16.9 Å². The van der Waals surface area contributed by atoms with E-state index in [4.69, 9.17) is 12.2 Å². The fraction of sp³-hybridized carbons (Fsp3) is 0.0952. The number of aryl methyl sites for hydroxylation is 2. The lowest BCUT2D eigenvalue weighted by atomic mass is 10.1. The van der Waals surface area contributed by atoms with Crippen molar-refractivity contribution < 1.29 is 9.59 Å². The van der Waals surface area contributed by atoms with E-state index in [-0.39, 0.29) is 16.9 Å². The maximum absolute atomic E-state index is 12.3. The van der Waals surface area contributed by atoms with Gasteiger partial charge in [-0.1, -0.05) is 12.1 Å². The number of carbonyl (C=O) groups is 2. The van der Waals surface area contributed by atoms with Gasteiger partial charge < -0.3 is 10.6 Å². The molecule has 3 N–H and O–H groups in total. The minimum Gasteiger partial charge on any atom is -0.332 e. The molecular weight excluding hydrogens is 390 g/mol. The molecular formula is C21H19N3O2S2. The van der Waals surface area contributed by atoms with Crippen molar-refractivity contribution in [1.82, 2.24) is 5.32 Å². The fourth-order valence-corrected chi connectivity index (χ4v) is 3.29. The Morgan fingerprint density at radius 3 is 2.14 bits per heavy atom. The first-order valence-corrected chi connectivity index (χ1v) is 9.85. The lowest BCUT2D eigenvalue weighted by molar-refractivity contribution is 0.0976. The van der Waals surface area contributed by atoms with Gasteiger partial charge in [-0.3, -0.25) is 14.9 Å². The van der Waals surface area contributed by atoms with Gasteiger partial charge in [-0.2, -0.15) is 0 Å². The van der Waals surface area contributed by atoms with Crippen molar-refractivity contribution in [3.8, 4) is 0 Å². The van der Waals surface area contributed by atoms with Crippen LogP contribution in [0, 0.1) is 13.8 Å². The summed E-state index contributed by atoms with van der Waals surface area (Å²) >= 11 is 6.60. The molecule has 0 aliphatic carbocycles. The molecule has 2 amide bonds. The van der Waals surface area contributed by atoms with Crippen molar-refractivity contribution in [2.75, 3.05) is 10.6 Å². The molecule has 28 heavy (non-hydrogen) atoms. The minimum atomic E-state index is -0.263. The van der Waals surface area contributed by atoms with Crippen LogP contribution in [-0.4, -0.2) is 16.9 Å². The SMILES string of the molecule is Cc1ccc(C(=O)NC(=S)Nc2ccc(NC(=O)c3cccs3)cc2)cc1C. The summed E-state index contributed by atoms with van der Waals surface area (Å²) in [6, 6.07) is 16.2. The quantitative estimate of drug-likeness (QED) is 0.544. The van der Waals surface area contributed by atoms with Gasteiger partial charge in [0.05, 0.1) is 4.88 Å². The van der Waals surface area contributed by atoms with Gasteiger partial charge in [0.1, 0.15) is 0 Å². The van der Waals surface area contributed by atoms with E-state index in [1.807, 2.05) is 37.4 Å². The van der Waals surface area contributed by atoms with Gasteiger partial charge >= 0.3 is 0 Å². The number of thiophene rings is 1. The van der Waals surface area contributed by atoms with Crippen molar-refractivity contribution in [3.05, 3.63) is 81.5 Å². The number of benzene rings is 2. The highest BCUT2D eigenvalue weighted by Gasteiger charge is 2.10. The predicted octanol–water partition coefficient (Wildman–Crippen LogP) is 4.74. The first-order chi connectivity index (χ1) is 13.4. The molecule has 7 heteroatoms. The van der Waals surface area contributed by atoms with E-state index in [0.29, 0.717) is 21.8 Å². The van der Waals surface area contributed by atoms with E-state index in [1.54, 1.807) is 36.4 Å². The Morgan fingerprint density at radius 1 is 0.857 bits per heavy atom. The number of amides is 2. The molecule has 0 saturated carbocycles. The van der Waals surface area contributed by atoms with Crippen molar-refractivity contribution in [3.63, 3.8) is 0 Å². The van der Waals surface area contributed by atoms with Crippen molar-refractivity contribution in [2.45, 2.75) is 13.8 Å². The highest BCUT2D eigenvalue weighted by molar-refractivity contribution is 7.80. The fourth-order valence-electron chi connectivity index (χ4n) is 2.46. The van der Waals surface area contributed by atoms with Crippen LogP contribution in [0.25, 0.3) is 0 Å². The van der Waals surface area contributed by atoms with E-state index in [0.717, 1.165) is 11.1 Å². The molecule has 142 valence electrons. The second-order valence-corrected chi connectivity index (χ2v) is 7.57. The standard InChI is InChI=1S/C21H19N3O2S2/c1-13-5-6-15(12-14(13)2)19(25)24-21(27)23-17-9-7-16(8-10-17)22-20(26)18-4-3-11-28-18/h3-12H,1-2H3,(H,22,26)(H2,23,24,25,27). The Kier molecular flexibility index (Phi) is 6.18. The topological polar surface area (TPSA) is 70.2 Å².